The van der Waals surface area contributed by atoms with Crippen molar-refractivity contribution in [1.82, 2.24) is 5.32 Å². The van der Waals surface area contributed by atoms with Crippen LogP contribution in [0.4, 0.5) is 0 Å². The van der Waals surface area contributed by atoms with Gasteiger partial charge in [-0.05, 0) is 19.4 Å². The summed E-state index contributed by atoms with van der Waals surface area (Å²) in [7, 11) is 3.47. The Morgan fingerprint density at radius 3 is 2.50 bits per heavy atom. The summed E-state index contributed by atoms with van der Waals surface area (Å²) in [5.74, 6) is 0. The fourth-order valence-corrected chi connectivity index (χ4v) is 1.21. The first-order valence-corrected chi connectivity index (χ1v) is 4.56. The molecular weight excluding hydrogens is 154 g/mol. The smallest absolute Gasteiger partial charge is 0.0615 e. The lowest BCUT2D eigenvalue weighted by molar-refractivity contribution is 0.149. The second-order valence-electron chi connectivity index (χ2n) is 2.84. The van der Waals surface area contributed by atoms with Crippen molar-refractivity contribution in [3.8, 4) is 0 Å². The van der Waals surface area contributed by atoms with Crippen molar-refractivity contribution in [2.45, 2.75) is 25.8 Å². The summed E-state index contributed by atoms with van der Waals surface area (Å²) >= 11 is 0. The lowest BCUT2D eigenvalue weighted by Gasteiger charge is -2.16. The van der Waals surface area contributed by atoms with Gasteiger partial charge < -0.3 is 14.8 Å². The van der Waals surface area contributed by atoms with E-state index in [-0.39, 0.29) is 0 Å². The van der Waals surface area contributed by atoms with Crippen LogP contribution >= 0.6 is 0 Å². The highest BCUT2D eigenvalue weighted by Crippen LogP contribution is 1.97. The molecule has 0 aliphatic carbocycles. The van der Waals surface area contributed by atoms with E-state index in [2.05, 4.69) is 12.2 Å². The largest absolute Gasteiger partial charge is 0.385 e. The number of hydrogen-bond donors (Lipinski definition) is 1. The summed E-state index contributed by atoms with van der Waals surface area (Å²) in [5, 5.41) is 3.36. The van der Waals surface area contributed by atoms with Crippen molar-refractivity contribution in [3.05, 3.63) is 0 Å². The summed E-state index contributed by atoms with van der Waals surface area (Å²) in [5.41, 5.74) is 0. The number of nitrogens with one attached hydrogen (secondary N) is 1. The van der Waals surface area contributed by atoms with E-state index in [4.69, 9.17) is 9.47 Å². The number of methoxy groups -OCH3 is 2. The Hall–Kier alpha value is -0.120. The molecule has 1 N–H and O–H groups in total. The van der Waals surface area contributed by atoms with Crippen LogP contribution in [0.1, 0.15) is 19.8 Å². The minimum absolute atomic E-state index is 0.482. The topological polar surface area (TPSA) is 30.5 Å². The highest BCUT2D eigenvalue weighted by Gasteiger charge is 2.04. The molecule has 0 radical (unpaired) electrons. The summed E-state index contributed by atoms with van der Waals surface area (Å²) in [6.45, 7) is 4.74. The molecule has 0 aromatic carbocycles. The molecule has 0 aromatic heterocycles. The molecule has 0 rings (SSSR count). The van der Waals surface area contributed by atoms with Gasteiger partial charge in [0.05, 0.1) is 6.61 Å². The Balaban J connectivity index is 3.34. The van der Waals surface area contributed by atoms with Crippen LogP contribution in [0, 0.1) is 0 Å². The normalized spacial score (nSPS) is 13.2. The molecule has 0 saturated carbocycles. The molecule has 1 atom stereocenters. The lowest BCUT2D eigenvalue weighted by atomic mass is 10.2. The average molecular weight is 175 g/mol. The van der Waals surface area contributed by atoms with Crippen LogP contribution in [0.15, 0.2) is 0 Å². The van der Waals surface area contributed by atoms with Gasteiger partial charge in [0.1, 0.15) is 0 Å². The molecule has 0 heterocycles. The molecule has 0 aliphatic heterocycles. The fourth-order valence-electron chi connectivity index (χ4n) is 1.21. The molecule has 74 valence electrons. The Morgan fingerprint density at radius 1 is 1.25 bits per heavy atom. The van der Waals surface area contributed by atoms with Gasteiger partial charge in [-0.3, -0.25) is 0 Å². The van der Waals surface area contributed by atoms with Crippen molar-refractivity contribution in [3.63, 3.8) is 0 Å². The maximum Gasteiger partial charge on any atom is 0.0615 e. The first-order chi connectivity index (χ1) is 5.85. The van der Waals surface area contributed by atoms with Gasteiger partial charge in [-0.15, -0.1) is 0 Å². The van der Waals surface area contributed by atoms with E-state index >= 15 is 0 Å². The number of rotatable bonds is 8. The maximum atomic E-state index is 5.08. The highest BCUT2D eigenvalue weighted by atomic mass is 16.5. The van der Waals surface area contributed by atoms with Crippen LogP contribution in [0.2, 0.25) is 0 Å². The van der Waals surface area contributed by atoms with Gasteiger partial charge in [-0.2, -0.15) is 0 Å². The zero-order valence-electron chi connectivity index (χ0n) is 8.43. The molecule has 12 heavy (non-hydrogen) atoms. The molecule has 3 heteroatoms. The zero-order chi connectivity index (χ0) is 9.23. The van der Waals surface area contributed by atoms with Crippen molar-refractivity contribution >= 4 is 0 Å². The van der Waals surface area contributed by atoms with E-state index in [0.717, 1.165) is 32.6 Å². The third-order valence-corrected chi connectivity index (χ3v) is 1.76. The molecule has 0 aliphatic rings. The summed E-state index contributed by atoms with van der Waals surface area (Å²) < 4.78 is 10.1. The number of likely N-dealkylation sites (N-methyl/N-ethyl adjacent to an activating group) is 1. The van der Waals surface area contributed by atoms with Crippen molar-refractivity contribution in [2.24, 2.45) is 0 Å². The van der Waals surface area contributed by atoms with E-state index in [1.54, 1.807) is 14.2 Å². The van der Waals surface area contributed by atoms with Crippen LogP contribution in [-0.4, -0.2) is 40.0 Å². The van der Waals surface area contributed by atoms with Gasteiger partial charge in [-0.1, -0.05) is 6.92 Å². The molecular formula is C9H21NO2. The molecule has 3 nitrogen and oxygen atoms in total. The van der Waals surface area contributed by atoms with Gasteiger partial charge in [-0.25, -0.2) is 0 Å². The van der Waals surface area contributed by atoms with Gasteiger partial charge >= 0.3 is 0 Å². The highest BCUT2D eigenvalue weighted by molar-refractivity contribution is 4.64. The standard InChI is InChI=1S/C9H21NO2/c1-4-10-9(8-12-3)6-5-7-11-2/h9-10H,4-8H2,1-3H3. The molecule has 0 bridgehead atoms. The minimum atomic E-state index is 0.482. The fraction of sp³-hybridized carbons (Fsp3) is 1.00. The third kappa shape index (κ3) is 6.58. The van der Waals surface area contributed by atoms with Crippen LogP contribution in [0.5, 0.6) is 0 Å². The molecule has 0 spiro atoms. The van der Waals surface area contributed by atoms with Gasteiger partial charge in [0.15, 0.2) is 0 Å². The minimum Gasteiger partial charge on any atom is -0.385 e. The Bertz CT molecular complexity index is 82.6. The van der Waals surface area contributed by atoms with Crippen molar-refractivity contribution in [1.29, 1.82) is 0 Å². The third-order valence-electron chi connectivity index (χ3n) is 1.76. The SMILES string of the molecule is CCNC(CCCOC)COC. The average Bonchev–Trinajstić information content (AvgIpc) is 2.06. The molecule has 0 aromatic rings. The Morgan fingerprint density at radius 2 is 2.00 bits per heavy atom. The van der Waals surface area contributed by atoms with E-state index < -0.39 is 0 Å². The first-order valence-electron chi connectivity index (χ1n) is 4.56. The van der Waals surface area contributed by atoms with Gasteiger partial charge in [0.25, 0.3) is 0 Å². The zero-order valence-corrected chi connectivity index (χ0v) is 8.43. The summed E-state index contributed by atoms with van der Waals surface area (Å²) in [6.07, 6.45) is 2.22. The van der Waals surface area contributed by atoms with Crippen molar-refractivity contribution < 1.29 is 9.47 Å². The van der Waals surface area contributed by atoms with E-state index in [1.807, 2.05) is 0 Å². The first kappa shape index (κ1) is 11.9. The molecule has 1 unspecified atom stereocenters. The second kappa shape index (κ2) is 8.97. The summed E-state index contributed by atoms with van der Waals surface area (Å²) in [4.78, 5) is 0. The number of ether oxygens (including phenoxy) is 2. The molecule has 0 saturated heterocycles. The maximum absolute atomic E-state index is 5.08. The second-order valence-corrected chi connectivity index (χ2v) is 2.84. The van der Waals surface area contributed by atoms with Gasteiger partial charge in [0, 0.05) is 26.9 Å². The van der Waals surface area contributed by atoms with Crippen molar-refractivity contribution in [2.75, 3.05) is 34.0 Å². The van der Waals surface area contributed by atoms with Crippen LogP contribution in [0.3, 0.4) is 0 Å². The van der Waals surface area contributed by atoms with E-state index in [0.29, 0.717) is 6.04 Å². The van der Waals surface area contributed by atoms with E-state index in [1.165, 1.54) is 0 Å². The lowest BCUT2D eigenvalue weighted by Crippen LogP contribution is -2.33. The number of hydrogen-bond acceptors (Lipinski definition) is 3. The Kier molecular flexibility index (Phi) is 8.88. The van der Waals surface area contributed by atoms with Crippen LogP contribution in [-0.2, 0) is 9.47 Å². The monoisotopic (exact) mass is 175 g/mol. The van der Waals surface area contributed by atoms with Crippen LogP contribution in [0.25, 0.3) is 0 Å². The van der Waals surface area contributed by atoms with Crippen LogP contribution < -0.4 is 5.32 Å². The quantitative estimate of drug-likeness (QED) is 0.559. The predicted octanol–water partition coefficient (Wildman–Crippen LogP) is 1.04. The predicted molar refractivity (Wildman–Crippen MR) is 50.5 cm³/mol. The molecule has 0 fully saturated rings. The summed E-state index contributed by atoms with van der Waals surface area (Å²) in [6, 6.07) is 0.482. The van der Waals surface area contributed by atoms with Gasteiger partial charge in [0.2, 0.25) is 0 Å². The van der Waals surface area contributed by atoms with E-state index in [9.17, 15) is 0 Å². The Labute approximate surface area is 75.4 Å². The molecule has 0 amide bonds.